The van der Waals surface area contributed by atoms with Crippen LogP contribution in [-0.4, -0.2) is 46.0 Å². The summed E-state index contributed by atoms with van der Waals surface area (Å²) in [6.07, 6.45) is -3.70. The molecule has 212 valence electrons. The van der Waals surface area contributed by atoms with Gasteiger partial charge < -0.3 is 15.0 Å². The van der Waals surface area contributed by atoms with Crippen molar-refractivity contribution < 1.29 is 27.5 Å². The fraction of sp³-hybridized carbons (Fsp3) is 0.241. The lowest BCUT2D eigenvalue weighted by Gasteiger charge is -2.17. The molecular weight excluding hydrogens is 555 g/mol. The van der Waals surface area contributed by atoms with E-state index in [4.69, 9.17) is 4.74 Å². The molecule has 2 heterocycles. The molecule has 3 aromatic carbocycles. The van der Waals surface area contributed by atoms with Gasteiger partial charge in [-0.15, -0.1) is 10.2 Å². The summed E-state index contributed by atoms with van der Waals surface area (Å²) >= 11 is 1.08. The molecule has 0 aliphatic carbocycles. The Kier molecular flexibility index (Phi) is 8.29. The number of benzene rings is 3. The van der Waals surface area contributed by atoms with Gasteiger partial charge in [0.25, 0.3) is 0 Å². The molecular formula is C29H26F3N5O3S. The first-order valence-electron chi connectivity index (χ1n) is 12.8. The highest BCUT2D eigenvalue weighted by atomic mass is 32.2. The number of hydrogen-bond donors (Lipinski definition) is 1. The zero-order valence-electron chi connectivity index (χ0n) is 22.0. The Morgan fingerprint density at radius 3 is 2.56 bits per heavy atom. The number of thioether (sulfide) groups is 1. The van der Waals surface area contributed by atoms with Crippen molar-refractivity contribution in [3.8, 4) is 11.4 Å². The second-order valence-corrected chi connectivity index (χ2v) is 10.2. The number of aromatic nitrogens is 3. The highest BCUT2D eigenvalue weighted by molar-refractivity contribution is 7.99. The molecule has 4 aromatic rings. The monoisotopic (exact) mass is 581 g/mol. The number of methoxy groups -OCH3 is 1. The van der Waals surface area contributed by atoms with Gasteiger partial charge in [-0.05, 0) is 53.9 Å². The first-order chi connectivity index (χ1) is 19.7. The summed E-state index contributed by atoms with van der Waals surface area (Å²) in [6, 6.07) is 19.5. The third-order valence-electron chi connectivity index (χ3n) is 6.61. The van der Waals surface area contributed by atoms with E-state index in [1.165, 1.54) is 16.7 Å². The standard InChI is InChI=1S/C29H26F3N5O3S/c1-40-23-11-9-19(10-12-23)15-26(38)33-17-25-34-35-28(37(25)22-7-4-6-21(16-22)29(30,31)32)41-18-27(39)36-14-13-20-5-2-3-8-24(20)36/h2-12,16H,13-15,17-18H2,1H3,(H,33,38). The van der Waals surface area contributed by atoms with Crippen molar-refractivity contribution in [3.63, 3.8) is 0 Å². The van der Waals surface area contributed by atoms with Gasteiger partial charge in [-0.3, -0.25) is 14.2 Å². The summed E-state index contributed by atoms with van der Waals surface area (Å²) in [5, 5.41) is 11.3. The Morgan fingerprint density at radius 1 is 1.02 bits per heavy atom. The summed E-state index contributed by atoms with van der Waals surface area (Å²) in [7, 11) is 1.55. The summed E-state index contributed by atoms with van der Waals surface area (Å²) in [5.41, 5.74) is 2.05. The predicted octanol–water partition coefficient (Wildman–Crippen LogP) is 4.84. The summed E-state index contributed by atoms with van der Waals surface area (Å²) in [6.45, 7) is 0.483. The Morgan fingerprint density at radius 2 is 1.80 bits per heavy atom. The van der Waals surface area contributed by atoms with Crippen molar-refractivity contribution >= 4 is 29.3 Å². The highest BCUT2D eigenvalue weighted by Crippen LogP contribution is 2.32. The average molecular weight is 582 g/mol. The quantitative estimate of drug-likeness (QED) is 0.285. The first kappa shape index (κ1) is 28.2. The molecule has 0 unspecified atom stereocenters. The molecule has 1 N–H and O–H groups in total. The summed E-state index contributed by atoms with van der Waals surface area (Å²) < 4.78 is 47.1. The zero-order valence-corrected chi connectivity index (χ0v) is 22.8. The van der Waals surface area contributed by atoms with E-state index in [1.54, 1.807) is 36.3 Å². The maximum absolute atomic E-state index is 13.5. The second kappa shape index (κ2) is 12.0. The number of carbonyl (C=O) groups is 2. The smallest absolute Gasteiger partial charge is 0.416 e. The van der Waals surface area contributed by atoms with Crippen LogP contribution in [0.2, 0.25) is 0 Å². The van der Waals surface area contributed by atoms with Crippen LogP contribution < -0.4 is 15.0 Å². The van der Waals surface area contributed by atoms with Crippen molar-refractivity contribution in [2.24, 2.45) is 0 Å². The number of hydrogen-bond acceptors (Lipinski definition) is 6. The van der Waals surface area contributed by atoms with Crippen molar-refractivity contribution in [3.05, 3.63) is 95.3 Å². The van der Waals surface area contributed by atoms with E-state index in [2.05, 4.69) is 15.5 Å². The van der Waals surface area contributed by atoms with Gasteiger partial charge in [0.15, 0.2) is 11.0 Å². The minimum absolute atomic E-state index is 0.00918. The number of carbonyl (C=O) groups excluding carboxylic acids is 2. The van der Waals surface area contributed by atoms with Gasteiger partial charge in [0, 0.05) is 12.2 Å². The van der Waals surface area contributed by atoms with Gasteiger partial charge in [-0.25, -0.2) is 0 Å². The van der Waals surface area contributed by atoms with Gasteiger partial charge >= 0.3 is 6.18 Å². The number of amides is 2. The predicted molar refractivity (Wildman–Crippen MR) is 148 cm³/mol. The number of nitrogens with one attached hydrogen (secondary N) is 1. The molecule has 0 saturated carbocycles. The molecule has 8 nitrogen and oxygen atoms in total. The SMILES string of the molecule is COc1ccc(CC(=O)NCc2nnc(SCC(=O)N3CCc4ccccc43)n2-c2cccc(C(F)(F)F)c2)cc1. The minimum Gasteiger partial charge on any atom is -0.497 e. The molecule has 0 bridgehead atoms. The fourth-order valence-corrected chi connectivity index (χ4v) is 5.41. The van der Waals surface area contributed by atoms with E-state index < -0.39 is 11.7 Å². The van der Waals surface area contributed by atoms with Gasteiger partial charge in [0.05, 0.1) is 37.1 Å². The molecule has 0 saturated heterocycles. The largest absolute Gasteiger partial charge is 0.497 e. The molecule has 12 heteroatoms. The van der Waals surface area contributed by atoms with Gasteiger partial charge in [0.2, 0.25) is 11.8 Å². The summed E-state index contributed by atoms with van der Waals surface area (Å²) in [4.78, 5) is 27.4. The van der Waals surface area contributed by atoms with Gasteiger partial charge in [-0.1, -0.05) is 48.2 Å². The molecule has 0 radical (unpaired) electrons. The third-order valence-corrected chi connectivity index (χ3v) is 7.53. The molecule has 0 spiro atoms. The van der Waals surface area contributed by atoms with Crippen LogP contribution in [0.4, 0.5) is 18.9 Å². The van der Waals surface area contributed by atoms with E-state index in [1.807, 2.05) is 24.3 Å². The maximum Gasteiger partial charge on any atom is 0.416 e. The first-order valence-corrected chi connectivity index (χ1v) is 13.7. The second-order valence-electron chi connectivity index (χ2n) is 9.30. The molecule has 41 heavy (non-hydrogen) atoms. The Labute approximate surface area is 238 Å². The third kappa shape index (κ3) is 6.54. The van der Waals surface area contributed by atoms with Crippen LogP contribution in [0.1, 0.15) is 22.5 Å². The summed E-state index contributed by atoms with van der Waals surface area (Å²) in [5.74, 6) is 0.461. The van der Waals surface area contributed by atoms with Gasteiger partial charge in [0.1, 0.15) is 5.75 Å². The number of halogens is 3. The Bertz CT molecular complexity index is 1560. The number of anilines is 1. The number of fused-ring (bicyclic) bond motifs is 1. The molecule has 1 aromatic heterocycles. The van der Waals surface area contributed by atoms with E-state index >= 15 is 0 Å². The highest BCUT2D eigenvalue weighted by Gasteiger charge is 2.31. The molecule has 5 rings (SSSR count). The van der Waals surface area contributed by atoms with Gasteiger partial charge in [-0.2, -0.15) is 13.2 Å². The van der Waals surface area contributed by atoms with Crippen LogP contribution in [0.5, 0.6) is 5.75 Å². The van der Waals surface area contributed by atoms with Crippen molar-refractivity contribution in [1.82, 2.24) is 20.1 Å². The van der Waals surface area contributed by atoms with E-state index in [9.17, 15) is 22.8 Å². The molecule has 2 amide bonds. The fourth-order valence-electron chi connectivity index (χ4n) is 4.56. The van der Waals surface area contributed by atoms with E-state index in [0.29, 0.717) is 12.3 Å². The molecule has 0 fully saturated rings. The lowest BCUT2D eigenvalue weighted by atomic mass is 10.1. The lowest BCUT2D eigenvalue weighted by molar-refractivity contribution is -0.137. The average Bonchev–Trinajstić information content (AvgIpc) is 3.59. The van der Waals surface area contributed by atoms with E-state index in [0.717, 1.165) is 47.1 Å². The maximum atomic E-state index is 13.5. The molecule has 1 aliphatic rings. The number of ether oxygens (including phenoxy) is 1. The molecule has 1 aliphatic heterocycles. The van der Waals surface area contributed by atoms with Crippen molar-refractivity contribution in [1.29, 1.82) is 0 Å². The van der Waals surface area contributed by atoms with Crippen LogP contribution in [0.3, 0.4) is 0 Å². The Balaban J connectivity index is 1.34. The van der Waals surface area contributed by atoms with Crippen LogP contribution in [-0.2, 0) is 35.2 Å². The topological polar surface area (TPSA) is 89.3 Å². The van der Waals surface area contributed by atoms with Crippen LogP contribution in [0, 0.1) is 0 Å². The normalized spacial score (nSPS) is 12.7. The number of alkyl halides is 3. The Hall–Kier alpha value is -4.32. The van der Waals surface area contributed by atoms with Crippen LogP contribution in [0.25, 0.3) is 5.69 Å². The number of rotatable bonds is 9. The van der Waals surface area contributed by atoms with Crippen molar-refractivity contribution in [2.75, 3.05) is 24.3 Å². The van der Waals surface area contributed by atoms with Crippen LogP contribution in [0.15, 0.2) is 78.0 Å². The van der Waals surface area contributed by atoms with Crippen molar-refractivity contribution in [2.45, 2.75) is 30.7 Å². The zero-order chi connectivity index (χ0) is 29.0. The number of para-hydroxylation sites is 1. The minimum atomic E-state index is -4.55. The lowest BCUT2D eigenvalue weighted by Crippen LogP contribution is -2.30. The van der Waals surface area contributed by atoms with Crippen LogP contribution >= 0.6 is 11.8 Å². The molecule has 0 atom stereocenters. The van der Waals surface area contributed by atoms with E-state index in [-0.39, 0.29) is 47.2 Å². The number of nitrogens with zero attached hydrogens (tertiary/aromatic N) is 4.